The van der Waals surface area contributed by atoms with E-state index in [0.717, 1.165) is 0 Å². The van der Waals surface area contributed by atoms with Crippen molar-refractivity contribution in [2.75, 3.05) is 14.2 Å². The van der Waals surface area contributed by atoms with Crippen LogP contribution in [0.15, 0.2) is 11.8 Å². The molecule has 2 rings (SSSR count). The summed E-state index contributed by atoms with van der Waals surface area (Å²) in [6.45, 7) is 1.77. The highest BCUT2D eigenvalue weighted by atomic mass is 16.7. The number of methoxy groups -OCH3 is 2. The minimum atomic E-state index is -0.695. The lowest BCUT2D eigenvalue weighted by Gasteiger charge is -2.42. The summed E-state index contributed by atoms with van der Waals surface area (Å²) in [6.07, 6.45) is 0.408. The molecule has 100 valence electrons. The molecular weight excluding hydrogens is 240 g/mol. The number of ether oxygens (including phenoxy) is 4. The molecular formula is C12H16O6. The lowest BCUT2D eigenvalue weighted by atomic mass is 9.76. The van der Waals surface area contributed by atoms with Crippen molar-refractivity contribution in [3.05, 3.63) is 11.8 Å². The SMILES string of the molecule is CO/C=C1/C(=O)O[C@@H](C)[C@@H]2[C@@H](OC)OC(=O)C[C@H]12. The summed E-state index contributed by atoms with van der Waals surface area (Å²) in [7, 11) is 2.91. The second-order valence-electron chi connectivity index (χ2n) is 4.40. The smallest absolute Gasteiger partial charge is 0.337 e. The van der Waals surface area contributed by atoms with Crippen molar-refractivity contribution in [2.24, 2.45) is 11.8 Å². The Morgan fingerprint density at radius 1 is 1.28 bits per heavy atom. The Morgan fingerprint density at radius 3 is 2.61 bits per heavy atom. The van der Waals surface area contributed by atoms with E-state index in [9.17, 15) is 9.59 Å². The third-order valence-electron chi connectivity index (χ3n) is 3.36. The third-order valence-corrected chi connectivity index (χ3v) is 3.36. The molecule has 18 heavy (non-hydrogen) atoms. The normalized spacial score (nSPS) is 37.8. The number of carbonyl (C=O) groups excluding carboxylic acids is 2. The Balaban J connectivity index is 2.35. The highest BCUT2D eigenvalue weighted by Crippen LogP contribution is 2.40. The second kappa shape index (κ2) is 4.97. The van der Waals surface area contributed by atoms with E-state index in [4.69, 9.17) is 18.9 Å². The second-order valence-corrected chi connectivity index (χ2v) is 4.40. The van der Waals surface area contributed by atoms with Crippen LogP contribution >= 0.6 is 0 Å². The average Bonchev–Trinajstić information content (AvgIpc) is 2.32. The number of hydrogen-bond acceptors (Lipinski definition) is 6. The first-order valence-corrected chi connectivity index (χ1v) is 5.74. The van der Waals surface area contributed by atoms with E-state index in [1.807, 2.05) is 0 Å². The lowest BCUT2D eigenvalue weighted by molar-refractivity contribution is -0.223. The number of esters is 2. The van der Waals surface area contributed by atoms with Gasteiger partial charge in [0, 0.05) is 13.0 Å². The molecule has 0 aromatic rings. The maximum atomic E-state index is 11.8. The van der Waals surface area contributed by atoms with Gasteiger partial charge < -0.3 is 18.9 Å². The van der Waals surface area contributed by atoms with Gasteiger partial charge in [-0.1, -0.05) is 0 Å². The number of carbonyl (C=O) groups is 2. The van der Waals surface area contributed by atoms with Gasteiger partial charge in [-0.2, -0.15) is 0 Å². The largest absolute Gasteiger partial charge is 0.504 e. The van der Waals surface area contributed by atoms with Gasteiger partial charge in [0.2, 0.25) is 6.29 Å². The van der Waals surface area contributed by atoms with E-state index in [1.165, 1.54) is 20.5 Å². The lowest BCUT2D eigenvalue weighted by Crippen LogP contribution is -2.51. The summed E-state index contributed by atoms with van der Waals surface area (Å²) in [4.78, 5) is 23.3. The molecule has 6 nitrogen and oxygen atoms in total. The molecule has 2 aliphatic rings. The van der Waals surface area contributed by atoms with E-state index in [1.54, 1.807) is 6.92 Å². The summed E-state index contributed by atoms with van der Waals surface area (Å²) in [5.74, 6) is -1.32. The van der Waals surface area contributed by atoms with Gasteiger partial charge >= 0.3 is 11.9 Å². The van der Waals surface area contributed by atoms with Crippen molar-refractivity contribution in [3.8, 4) is 0 Å². The summed E-state index contributed by atoms with van der Waals surface area (Å²) in [5, 5.41) is 0. The number of fused-ring (bicyclic) bond motifs is 1. The number of cyclic esters (lactones) is 2. The van der Waals surface area contributed by atoms with Crippen molar-refractivity contribution < 1.29 is 28.5 Å². The Morgan fingerprint density at radius 2 is 2.00 bits per heavy atom. The third kappa shape index (κ3) is 2.08. The van der Waals surface area contributed by atoms with Crippen LogP contribution in [-0.2, 0) is 28.5 Å². The van der Waals surface area contributed by atoms with Gasteiger partial charge in [-0.05, 0) is 6.92 Å². The molecule has 0 saturated carbocycles. The van der Waals surface area contributed by atoms with Crippen molar-refractivity contribution in [3.63, 3.8) is 0 Å². The predicted molar refractivity (Wildman–Crippen MR) is 59.1 cm³/mol. The minimum Gasteiger partial charge on any atom is -0.504 e. The maximum Gasteiger partial charge on any atom is 0.337 e. The first kappa shape index (κ1) is 12.9. The zero-order chi connectivity index (χ0) is 13.3. The quantitative estimate of drug-likeness (QED) is 0.409. The minimum absolute atomic E-state index is 0.138. The van der Waals surface area contributed by atoms with E-state index >= 15 is 0 Å². The molecule has 0 aromatic heterocycles. The van der Waals surface area contributed by atoms with Crippen LogP contribution in [0.1, 0.15) is 13.3 Å². The number of rotatable bonds is 2. The van der Waals surface area contributed by atoms with Gasteiger partial charge in [0.1, 0.15) is 6.10 Å². The van der Waals surface area contributed by atoms with Crippen molar-refractivity contribution in [1.29, 1.82) is 0 Å². The van der Waals surface area contributed by atoms with E-state index in [-0.39, 0.29) is 30.3 Å². The number of hydrogen-bond donors (Lipinski definition) is 0. The molecule has 2 aliphatic heterocycles. The zero-order valence-electron chi connectivity index (χ0n) is 10.5. The van der Waals surface area contributed by atoms with Gasteiger partial charge in [-0.3, -0.25) is 4.79 Å². The predicted octanol–water partition coefficient (Wildman–Crippen LogP) is 0.614. The van der Waals surface area contributed by atoms with Gasteiger partial charge in [-0.25, -0.2) is 4.79 Å². The van der Waals surface area contributed by atoms with E-state index in [2.05, 4.69) is 0 Å². The molecule has 2 heterocycles. The molecule has 0 radical (unpaired) electrons. The summed E-state index contributed by atoms with van der Waals surface area (Å²) in [5.41, 5.74) is 0.360. The van der Waals surface area contributed by atoms with Gasteiger partial charge in [0.05, 0.1) is 31.3 Å². The zero-order valence-corrected chi connectivity index (χ0v) is 10.5. The molecule has 0 spiro atoms. The average molecular weight is 256 g/mol. The molecule has 2 saturated heterocycles. The summed E-state index contributed by atoms with van der Waals surface area (Å²) < 4.78 is 20.4. The van der Waals surface area contributed by atoms with Crippen LogP contribution < -0.4 is 0 Å². The Bertz CT molecular complexity index is 388. The molecule has 6 heteroatoms. The Labute approximate surface area is 105 Å². The molecule has 0 N–H and O–H groups in total. The van der Waals surface area contributed by atoms with Crippen LogP contribution in [0.2, 0.25) is 0 Å². The van der Waals surface area contributed by atoms with Gasteiger partial charge in [-0.15, -0.1) is 0 Å². The summed E-state index contributed by atoms with van der Waals surface area (Å²) >= 11 is 0. The molecule has 0 unspecified atom stereocenters. The van der Waals surface area contributed by atoms with Crippen LogP contribution in [0.5, 0.6) is 0 Å². The molecule has 0 bridgehead atoms. The molecule has 0 amide bonds. The Kier molecular flexibility index (Phi) is 3.56. The monoisotopic (exact) mass is 256 g/mol. The fraction of sp³-hybridized carbons (Fsp3) is 0.667. The molecule has 2 fully saturated rings. The van der Waals surface area contributed by atoms with Crippen LogP contribution in [0.25, 0.3) is 0 Å². The maximum absolute atomic E-state index is 11.8. The highest BCUT2D eigenvalue weighted by molar-refractivity contribution is 5.91. The van der Waals surface area contributed by atoms with Crippen LogP contribution in [0, 0.1) is 11.8 Å². The van der Waals surface area contributed by atoms with Crippen molar-refractivity contribution >= 4 is 11.9 Å². The molecule has 0 aromatic carbocycles. The fourth-order valence-corrected chi connectivity index (χ4v) is 2.56. The summed E-state index contributed by atoms with van der Waals surface area (Å²) in [6, 6.07) is 0. The Hall–Kier alpha value is -1.56. The molecule has 4 atom stereocenters. The van der Waals surface area contributed by atoms with Crippen molar-refractivity contribution in [2.45, 2.75) is 25.7 Å². The first-order chi connectivity index (χ1) is 8.58. The first-order valence-electron chi connectivity index (χ1n) is 5.74. The topological polar surface area (TPSA) is 71.1 Å². The standard InChI is InChI=1S/C12H16O6/c1-6-10-7(4-9(13)18-12(10)16-3)8(5-15-2)11(14)17-6/h5-7,10,12H,4H2,1-3H3/b8-5+/t6-,7+,10-,12-/m0/s1. The van der Waals surface area contributed by atoms with Gasteiger partial charge in [0.25, 0.3) is 0 Å². The van der Waals surface area contributed by atoms with Crippen molar-refractivity contribution in [1.82, 2.24) is 0 Å². The van der Waals surface area contributed by atoms with E-state index < -0.39 is 12.3 Å². The fourth-order valence-electron chi connectivity index (χ4n) is 2.56. The van der Waals surface area contributed by atoms with Crippen LogP contribution in [0.3, 0.4) is 0 Å². The van der Waals surface area contributed by atoms with E-state index in [0.29, 0.717) is 5.57 Å². The molecule has 0 aliphatic carbocycles. The van der Waals surface area contributed by atoms with Crippen LogP contribution in [0.4, 0.5) is 0 Å². The van der Waals surface area contributed by atoms with Gasteiger partial charge in [0.15, 0.2) is 0 Å². The van der Waals surface area contributed by atoms with Crippen LogP contribution in [-0.4, -0.2) is 38.6 Å². The highest BCUT2D eigenvalue weighted by Gasteiger charge is 2.50.